The van der Waals surface area contributed by atoms with Gasteiger partial charge in [0.1, 0.15) is 11.7 Å². The Morgan fingerprint density at radius 3 is 2.35 bits per heavy atom. The fourth-order valence-corrected chi connectivity index (χ4v) is 3.66. The molecule has 0 fully saturated rings. The minimum atomic E-state index is -1.02. The molecule has 0 radical (unpaired) electrons. The first-order valence-corrected chi connectivity index (χ1v) is 8.52. The average Bonchev–Trinajstić information content (AvgIpc) is 2.93. The fourth-order valence-electron chi connectivity index (χ4n) is 3.66. The van der Waals surface area contributed by atoms with Crippen molar-refractivity contribution in [3.63, 3.8) is 0 Å². The summed E-state index contributed by atoms with van der Waals surface area (Å²) in [6.07, 6.45) is 6.89. The minimum absolute atomic E-state index is 0.185. The van der Waals surface area contributed by atoms with E-state index in [-0.39, 0.29) is 24.7 Å². The third kappa shape index (κ3) is 2.82. The minimum Gasteiger partial charge on any atom is -0.303 e. The van der Waals surface area contributed by atoms with E-state index in [2.05, 4.69) is 11.0 Å². The number of amides is 1. The summed E-state index contributed by atoms with van der Waals surface area (Å²) in [5.41, 5.74) is 1.22. The summed E-state index contributed by atoms with van der Waals surface area (Å²) < 4.78 is 0. The highest BCUT2D eigenvalue weighted by Crippen LogP contribution is 2.47. The van der Waals surface area contributed by atoms with Gasteiger partial charge in [-0.15, -0.1) is 12.3 Å². The van der Waals surface area contributed by atoms with E-state index in [4.69, 9.17) is 6.42 Å². The van der Waals surface area contributed by atoms with Crippen LogP contribution < -0.4 is 5.01 Å². The molecular formula is C22H20N2O2. The highest BCUT2D eigenvalue weighted by atomic mass is 16.2. The lowest BCUT2D eigenvalue weighted by Gasteiger charge is -2.34. The van der Waals surface area contributed by atoms with E-state index < -0.39 is 5.41 Å². The van der Waals surface area contributed by atoms with E-state index in [0.29, 0.717) is 11.4 Å². The second kappa shape index (κ2) is 7.37. The number of carbonyl (C=O) groups is 2. The van der Waals surface area contributed by atoms with Crippen molar-refractivity contribution in [1.29, 1.82) is 0 Å². The molecule has 1 aliphatic heterocycles. The number of hydrogen-bond donors (Lipinski definition) is 0. The number of terminal acetylenes is 1. The maximum atomic E-state index is 13.5. The summed E-state index contributed by atoms with van der Waals surface area (Å²) in [5.74, 6) is 2.10. The van der Waals surface area contributed by atoms with Gasteiger partial charge in [0.25, 0.3) is 5.91 Å². The van der Waals surface area contributed by atoms with Gasteiger partial charge in [-0.2, -0.15) is 10.1 Å². The zero-order chi connectivity index (χ0) is 18.6. The van der Waals surface area contributed by atoms with Crippen molar-refractivity contribution in [3.05, 3.63) is 66.2 Å². The topological polar surface area (TPSA) is 49.7 Å². The zero-order valence-electron chi connectivity index (χ0n) is 14.6. The lowest BCUT2D eigenvalue weighted by Crippen LogP contribution is -2.44. The molecule has 26 heavy (non-hydrogen) atoms. The third-order valence-electron chi connectivity index (χ3n) is 4.98. The molecule has 130 valence electrons. The van der Waals surface area contributed by atoms with E-state index in [0.717, 1.165) is 11.8 Å². The molecule has 0 spiro atoms. The first-order chi connectivity index (χ1) is 12.6. The number of rotatable bonds is 6. The Hall–Kier alpha value is -3.19. The first kappa shape index (κ1) is 17.6. The number of nitrogens with zero attached hydrogens (tertiary/aromatic N) is 2. The van der Waals surface area contributed by atoms with Crippen molar-refractivity contribution in [2.24, 2.45) is 10.5 Å². The quantitative estimate of drug-likeness (QED) is 0.591. The summed E-state index contributed by atoms with van der Waals surface area (Å²) >= 11 is 0. The summed E-state index contributed by atoms with van der Waals surface area (Å²) in [5, 5.41) is 5.94. The number of benzene rings is 2. The van der Waals surface area contributed by atoms with Crippen molar-refractivity contribution < 1.29 is 9.59 Å². The molecule has 0 saturated carbocycles. The molecule has 0 N–H and O–H groups in total. The van der Waals surface area contributed by atoms with Crippen LogP contribution in [0.15, 0.2) is 65.8 Å². The van der Waals surface area contributed by atoms with Gasteiger partial charge in [0.15, 0.2) is 0 Å². The van der Waals surface area contributed by atoms with Gasteiger partial charge in [-0.3, -0.25) is 4.79 Å². The lowest BCUT2D eigenvalue weighted by molar-refractivity contribution is -0.125. The molecule has 2 unspecified atom stereocenters. The van der Waals surface area contributed by atoms with Crippen molar-refractivity contribution in [2.45, 2.75) is 25.7 Å². The lowest BCUT2D eigenvalue weighted by atomic mass is 9.65. The molecular weight excluding hydrogens is 324 g/mol. The fraction of sp³-hybridized carbons (Fsp3) is 0.227. The van der Waals surface area contributed by atoms with E-state index in [1.54, 1.807) is 0 Å². The first-order valence-electron chi connectivity index (χ1n) is 8.52. The van der Waals surface area contributed by atoms with Crippen LogP contribution in [-0.2, 0) is 9.59 Å². The predicted octanol–water partition coefficient (Wildman–Crippen LogP) is 3.79. The Morgan fingerprint density at radius 2 is 1.77 bits per heavy atom. The van der Waals surface area contributed by atoms with Crippen molar-refractivity contribution >= 4 is 23.6 Å². The van der Waals surface area contributed by atoms with Gasteiger partial charge in [-0.1, -0.05) is 48.5 Å². The summed E-state index contributed by atoms with van der Waals surface area (Å²) in [4.78, 5) is 25.0. The molecule has 2 atom stereocenters. The second-order valence-electron chi connectivity index (χ2n) is 6.36. The van der Waals surface area contributed by atoms with Crippen LogP contribution in [0.4, 0.5) is 5.69 Å². The molecule has 0 aliphatic carbocycles. The normalized spacial score (nSPS) is 20.4. The van der Waals surface area contributed by atoms with E-state index in [1.165, 1.54) is 5.01 Å². The highest BCUT2D eigenvalue weighted by Gasteiger charge is 2.54. The predicted molar refractivity (Wildman–Crippen MR) is 103 cm³/mol. The molecule has 0 aromatic heterocycles. The van der Waals surface area contributed by atoms with E-state index in [9.17, 15) is 9.59 Å². The Kier molecular flexibility index (Phi) is 4.99. The summed E-state index contributed by atoms with van der Waals surface area (Å²) in [6, 6.07) is 18.8. The Bertz CT molecular complexity index is 868. The largest absolute Gasteiger partial charge is 0.303 e. The van der Waals surface area contributed by atoms with E-state index >= 15 is 0 Å². The average molecular weight is 344 g/mol. The molecule has 4 heteroatoms. The third-order valence-corrected chi connectivity index (χ3v) is 4.98. The van der Waals surface area contributed by atoms with Crippen molar-refractivity contribution in [1.82, 2.24) is 0 Å². The Labute approximate surface area is 153 Å². The van der Waals surface area contributed by atoms with Crippen LogP contribution in [0.2, 0.25) is 0 Å². The zero-order valence-corrected chi connectivity index (χ0v) is 14.6. The summed E-state index contributed by atoms with van der Waals surface area (Å²) in [7, 11) is 0. The molecule has 2 aromatic rings. The van der Waals surface area contributed by atoms with Gasteiger partial charge in [0.05, 0.1) is 11.4 Å². The monoisotopic (exact) mass is 344 g/mol. The maximum Gasteiger partial charge on any atom is 0.260 e. The van der Waals surface area contributed by atoms with Crippen molar-refractivity contribution in [3.8, 4) is 12.3 Å². The van der Waals surface area contributed by atoms with Crippen LogP contribution in [0, 0.1) is 17.8 Å². The van der Waals surface area contributed by atoms with Crippen LogP contribution in [0.5, 0.6) is 0 Å². The molecule has 3 rings (SSSR count). The van der Waals surface area contributed by atoms with Gasteiger partial charge in [-0.05, 0) is 24.6 Å². The number of para-hydroxylation sites is 1. The molecule has 0 bridgehead atoms. The van der Waals surface area contributed by atoms with Crippen LogP contribution in [0.3, 0.4) is 0 Å². The molecule has 1 amide bonds. The van der Waals surface area contributed by atoms with Gasteiger partial charge in [0, 0.05) is 18.8 Å². The van der Waals surface area contributed by atoms with Crippen molar-refractivity contribution in [2.75, 3.05) is 5.01 Å². The van der Waals surface area contributed by atoms with Gasteiger partial charge in [-0.25, -0.2) is 0 Å². The standard InChI is InChI=1S/C22H20N2O2/c1-3-15-22(20(14-16-25)18-10-6-4-7-11-18)17(2)23-24(21(22)26)19-12-8-5-9-13-19/h1,4-13,16,20H,14-15H2,2H3. The van der Waals surface area contributed by atoms with E-state index in [1.807, 2.05) is 67.6 Å². The van der Waals surface area contributed by atoms with Gasteiger partial charge < -0.3 is 4.79 Å². The summed E-state index contributed by atoms with van der Waals surface area (Å²) in [6.45, 7) is 1.82. The number of aldehydes is 1. The Balaban J connectivity index is 2.13. The molecule has 2 aromatic carbocycles. The smallest absolute Gasteiger partial charge is 0.260 e. The van der Waals surface area contributed by atoms with Gasteiger partial charge in [0.2, 0.25) is 0 Å². The molecule has 1 heterocycles. The highest BCUT2D eigenvalue weighted by molar-refractivity contribution is 6.19. The van der Waals surface area contributed by atoms with Crippen LogP contribution >= 0.6 is 0 Å². The number of hydrazone groups is 1. The van der Waals surface area contributed by atoms with Crippen LogP contribution in [0.25, 0.3) is 0 Å². The van der Waals surface area contributed by atoms with Crippen LogP contribution in [0.1, 0.15) is 31.2 Å². The SMILES string of the molecule is C#CCC1(C(CC=O)c2ccccc2)C(=O)N(c2ccccc2)N=C1C. The maximum absolute atomic E-state index is 13.5. The number of carbonyl (C=O) groups excluding carboxylic acids is 2. The molecule has 4 nitrogen and oxygen atoms in total. The molecule has 1 aliphatic rings. The number of hydrogen-bond acceptors (Lipinski definition) is 3. The van der Waals surface area contributed by atoms with Gasteiger partial charge >= 0.3 is 0 Å². The second-order valence-corrected chi connectivity index (χ2v) is 6.36. The molecule has 0 saturated heterocycles. The number of anilines is 1. The van der Waals surface area contributed by atoms with Crippen LogP contribution in [-0.4, -0.2) is 17.9 Å². The Morgan fingerprint density at radius 1 is 1.15 bits per heavy atom.